The summed E-state index contributed by atoms with van der Waals surface area (Å²) >= 11 is 0. The van der Waals surface area contributed by atoms with E-state index in [9.17, 15) is 10.1 Å². The number of nitro groups is 1. The lowest BCUT2D eigenvalue weighted by atomic mass is 10.3. The molecule has 0 saturated carbocycles. The molecule has 0 atom stereocenters. The highest BCUT2D eigenvalue weighted by molar-refractivity contribution is 5.56. The van der Waals surface area contributed by atoms with Gasteiger partial charge in [-0.25, -0.2) is 4.98 Å². The van der Waals surface area contributed by atoms with Gasteiger partial charge in [-0.1, -0.05) is 5.16 Å². The molecule has 2 aromatic rings. The van der Waals surface area contributed by atoms with Gasteiger partial charge in [-0.3, -0.25) is 10.1 Å². The van der Waals surface area contributed by atoms with Crippen molar-refractivity contribution in [1.82, 2.24) is 10.1 Å². The third-order valence-electron chi connectivity index (χ3n) is 2.12. The molecule has 2 heterocycles. The van der Waals surface area contributed by atoms with Gasteiger partial charge in [-0.05, 0) is 12.5 Å². The second-order valence-electron chi connectivity index (χ2n) is 3.47. The normalized spacial score (nSPS) is 10.2. The van der Waals surface area contributed by atoms with E-state index in [0.29, 0.717) is 12.3 Å². The van der Waals surface area contributed by atoms with Crippen molar-refractivity contribution >= 4 is 11.5 Å². The van der Waals surface area contributed by atoms with Crippen LogP contribution in [0.3, 0.4) is 0 Å². The highest BCUT2D eigenvalue weighted by Gasteiger charge is 2.15. The average Bonchev–Trinajstić information content (AvgIpc) is 2.80. The highest BCUT2D eigenvalue weighted by atomic mass is 16.6. The maximum Gasteiger partial charge on any atom is 0.311 e. The lowest BCUT2D eigenvalue weighted by Crippen LogP contribution is -2.04. The number of hydrogen-bond donors (Lipinski definition) is 1. The first kappa shape index (κ1) is 11.1. The van der Waals surface area contributed by atoms with Crippen LogP contribution in [-0.2, 0) is 6.54 Å². The maximum absolute atomic E-state index is 10.8. The van der Waals surface area contributed by atoms with Gasteiger partial charge in [0.1, 0.15) is 0 Å². The quantitative estimate of drug-likeness (QED) is 0.641. The molecule has 0 bridgehead atoms. The van der Waals surface area contributed by atoms with Crippen LogP contribution in [0.1, 0.15) is 11.3 Å². The fourth-order valence-corrected chi connectivity index (χ4v) is 1.33. The minimum atomic E-state index is -0.470. The third kappa shape index (κ3) is 2.57. The van der Waals surface area contributed by atoms with Crippen molar-refractivity contribution in [2.75, 3.05) is 5.32 Å². The predicted octanol–water partition coefficient (Wildman–Crippen LogP) is 1.90. The molecular formula is C10H10N4O3. The molecule has 0 aliphatic carbocycles. The molecule has 0 aromatic carbocycles. The summed E-state index contributed by atoms with van der Waals surface area (Å²) in [6, 6.07) is 3.14. The fourth-order valence-electron chi connectivity index (χ4n) is 1.33. The van der Waals surface area contributed by atoms with Gasteiger partial charge >= 0.3 is 5.69 Å². The van der Waals surface area contributed by atoms with Crippen LogP contribution in [-0.4, -0.2) is 15.1 Å². The topological polar surface area (TPSA) is 94.1 Å². The Hall–Kier alpha value is -2.44. The minimum absolute atomic E-state index is 0.0514. The number of hydrogen-bond acceptors (Lipinski definition) is 6. The summed E-state index contributed by atoms with van der Waals surface area (Å²) < 4.78 is 4.87. The van der Waals surface area contributed by atoms with Gasteiger partial charge in [0.25, 0.3) is 0 Å². The number of nitrogens with zero attached hydrogens (tertiary/aromatic N) is 3. The fraction of sp³-hybridized carbons (Fsp3) is 0.200. The number of pyridine rings is 1. The van der Waals surface area contributed by atoms with Crippen molar-refractivity contribution in [3.63, 3.8) is 0 Å². The Labute approximate surface area is 96.6 Å². The molecule has 0 spiro atoms. The zero-order valence-corrected chi connectivity index (χ0v) is 9.08. The molecule has 0 saturated heterocycles. The largest absolute Gasteiger partial charge is 0.360 e. The average molecular weight is 234 g/mol. The van der Waals surface area contributed by atoms with Gasteiger partial charge < -0.3 is 9.84 Å². The van der Waals surface area contributed by atoms with Gasteiger partial charge in [-0.2, -0.15) is 0 Å². The zero-order valence-electron chi connectivity index (χ0n) is 9.08. The second kappa shape index (κ2) is 4.60. The first-order valence-electron chi connectivity index (χ1n) is 4.91. The van der Waals surface area contributed by atoms with Gasteiger partial charge in [0.15, 0.2) is 5.76 Å². The molecule has 1 N–H and O–H groups in total. The van der Waals surface area contributed by atoms with Gasteiger partial charge in [0.05, 0.1) is 17.7 Å². The molecule has 2 rings (SSSR count). The van der Waals surface area contributed by atoms with Crippen LogP contribution >= 0.6 is 0 Å². The van der Waals surface area contributed by atoms with Crippen LogP contribution in [0.5, 0.6) is 0 Å². The lowest BCUT2D eigenvalue weighted by Gasteiger charge is -2.04. The van der Waals surface area contributed by atoms with E-state index in [-0.39, 0.29) is 11.5 Å². The van der Waals surface area contributed by atoms with E-state index >= 15 is 0 Å². The molecule has 0 fully saturated rings. The number of rotatable bonds is 4. The van der Waals surface area contributed by atoms with E-state index in [1.807, 2.05) is 0 Å². The van der Waals surface area contributed by atoms with E-state index in [0.717, 1.165) is 5.56 Å². The molecular weight excluding hydrogens is 224 g/mol. The zero-order chi connectivity index (χ0) is 12.3. The number of aromatic nitrogens is 2. The maximum atomic E-state index is 10.8. The second-order valence-corrected chi connectivity index (χ2v) is 3.47. The van der Waals surface area contributed by atoms with Crippen LogP contribution in [0.15, 0.2) is 29.0 Å². The van der Waals surface area contributed by atoms with E-state index in [1.54, 1.807) is 19.2 Å². The number of nitrogens with one attached hydrogen (secondary N) is 1. The summed E-state index contributed by atoms with van der Waals surface area (Å²) in [5, 5.41) is 17.2. The molecule has 7 heteroatoms. The van der Waals surface area contributed by atoms with Crippen LogP contribution < -0.4 is 5.32 Å². The predicted molar refractivity (Wildman–Crippen MR) is 59.5 cm³/mol. The number of anilines is 1. The van der Waals surface area contributed by atoms with Gasteiger partial charge in [0.2, 0.25) is 5.82 Å². The van der Waals surface area contributed by atoms with Crippen LogP contribution in [0.2, 0.25) is 0 Å². The summed E-state index contributed by atoms with van der Waals surface area (Å²) in [4.78, 5) is 14.3. The monoisotopic (exact) mass is 234 g/mol. The molecule has 0 amide bonds. The summed E-state index contributed by atoms with van der Waals surface area (Å²) in [5.41, 5.74) is 0.687. The Morgan fingerprint density at radius 1 is 1.59 bits per heavy atom. The SMILES string of the molecule is Cc1cnc(NCc2ccno2)c([N+](=O)[O-])c1. The molecule has 17 heavy (non-hydrogen) atoms. The van der Waals surface area contributed by atoms with E-state index < -0.39 is 4.92 Å². The third-order valence-corrected chi connectivity index (χ3v) is 2.12. The molecule has 2 aromatic heterocycles. The van der Waals surface area contributed by atoms with Crippen molar-refractivity contribution in [2.24, 2.45) is 0 Å². The Balaban J connectivity index is 2.17. The summed E-state index contributed by atoms with van der Waals surface area (Å²) in [5.74, 6) is 0.804. The van der Waals surface area contributed by atoms with Gasteiger partial charge in [-0.15, -0.1) is 0 Å². The van der Waals surface area contributed by atoms with Crippen LogP contribution in [0, 0.1) is 17.0 Å². The highest BCUT2D eigenvalue weighted by Crippen LogP contribution is 2.22. The molecule has 0 aliphatic rings. The summed E-state index contributed by atoms with van der Waals surface area (Å²) in [6.45, 7) is 2.05. The Kier molecular flexibility index (Phi) is 2.99. The standard InChI is InChI=1S/C10H10N4O3/c1-7-4-9(14(15)16)10(11-5-7)12-6-8-2-3-13-17-8/h2-5H,6H2,1H3,(H,11,12). The molecule has 0 unspecified atom stereocenters. The smallest absolute Gasteiger partial charge is 0.311 e. The lowest BCUT2D eigenvalue weighted by molar-refractivity contribution is -0.384. The van der Waals surface area contributed by atoms with Gasteiger partial charge in [0, 0.05) is 18.3 Å². The molecule has 0 aliphatic heterocycles. The molecule has 88 valence electrons. The van der Waals surface area contributed by atoms with E-state index in [4.69, 9.17) is 4.52 Å². The van der Waals surface area contributed by atoms with Crippen molar-refractivity contribution in [3.05, 3.63) is 46.0 Å². The van der Waals surface area contributed by atoms with Crippen molar-refractivity contribution in [3.8, 4) is 0 Å². The van der Waals surface area contributed by atoms with E-state index in [2.05, 4.69) is 15.5 Å². The number of aryl methyl sites for hydroxylation is 1. The van der Waals surface area contributed by atoms with Crippen molar-refractivity contribution in [1.29, 1.82) is 0 Å². The minimum Gasteiger partial charge on any atom is -0.360 e. The molecule has 0 radical (unpaired) electrons. The van der Waals surface area contributed by atoms with Crippen molar-refractivity contribution < 1.29 is 9.45 Å². The Bertz CT molecular complexity index is 524. The Morgan fingerprint density at radius 2 is 2.41 bits per heavy atom. The molecule has 7 nitrogen and oxygen atoms in total. The van der Waals surface area contributed by atoms with Crippen LogP contribution in [0.4, 0.5) is 11.5 Å². The van der Waals surface area contributed by atoms with E-state index in [1.165, 1.54) is 12.3 Å². The summed E-state index contributed by atoms with van der Waals surface area (Å²) in [7, 11) is 0. The first-order valence-corrected chi connectivity index (χ1v) is 4.91. The van der Waals surface area contributed by atoms with Crippen molar-refractivity contribution in [2.45, 2.75) is 13.5 Å². The summed E-state index contributed by atoms with van der Waals surface area (Å²) in [6.07, 6.45) is 3.07. The Morgan fingerprint density at radius 3 is 3.06 bits per heavy atom. The first-order chi connectivity index (χ1) is 8.16. The van der Waals surface area contributed by atoms with Crippen LogP contribution in [0.25, 0.3) is 0 Å².